The van der Waals surface area contributed by atoms with Crippen LogP contribution in [-0.2, 0) is 11.3 Å². The average molecular weight is 365 g/mol. The molecule has 1 aliphatic rings. The molecule has 2 amide bonds. The number of pyridine rings is 1. The monoisotopic (exact) mass is 365 g/mol. The van der Waals surface area contributed by atoms with E-state index in [1.54, 1.807) is 6.20 Å². The molecule has 3 heterocycles. The lowest BCUT2D eigenvalue weighted by atomic mass is 10.1. The first-order valence-electron chi connectivity index (χ1n) is 9.25. The highest BCUT2D eigenvalue weighted by Gasteiger charge is 2.23. The molecule has 3 aromatic rings. The zero-order valence-corrected chi connectivity index (χ0v) is 15.4. The fourth-order valence-corrected chi connectivity index (χ4v) is 3.37. The van der Waals surface area contributed by atoms with Crippen LogP contribution in [0.5, 0.6) is 0 Å². The molecule has 1 fully saturated rings. The van der Waals surface area contributed by atoms with Gasteiger partial charge in [0, 0.05) is 30.4 Å². The maximum atomic E-state index is 12.5. The van der Waals surface area contributed by atoms with Crippen LogP contribution in [0.15, 0.2) is 53.1 Å². The Labute approximate surface area is 158 Å². The summed E-state index contributed by atoms with van der Waals surface area (Å²) in [6, 6.07) is 13.4. The normalized spacial score (nSPS) is 15.2. The molecule has 1 saturated heterocycles. The molecule has 0 saturated carbocycles. The smallest absolute Gasteiger partial charge is 0.321 e. The first-order chi connectivity index (χ1) is 13.2. The van der Waals surface area contributed by atoms with E-state index in [0.29, 0.717) is 19.7 Å². The van der Waals surface area contributed by atoms with Crippen molar-refractivity contribution in [2.75, 3.05) is 18.4 Å². The van der Waals surface area contributed by atoms with Crippen molar-refractivity contribution >= 4 is 22.7 Å². The maximum Gasteiger partial charge on any atom is 0.321 e. The van der Waals surface area contributed by atoms with Crippen LogP contribution in [0.2, 0.25) is 0 Å². The van der Waals surface area contributed by atoms with Crippen molar-refractivity contribution in [3.63, 3.8) is 0 Å². The first kappa shape index (κ1) is 17.5. The highest BCUT2D eigenvalue weighted by Crippen LogP contribution is 2.23. The molecule has 27 heavy (non-hydrogen) atoms. The number of carbonyl (C=O) groups excluding carboxylic acids is 1. The Morgan fingerprint density at radius 1 is 1.26 bits per heavy atom. The first-order valence-corrected chi connectivity index (χ1v) is 9.25. The number of likely N-dealkylation sites (tertiary alicyclic amines) is 1. The number of ether oxygens (including phenoxy) is 1. The Bertz CT molecular complexity index is 915. The Kier molecular flexibility index (Phi) is 5.07. The second-order valence-corrected chi connectivity index (χ2v) is 6.86. The van der Waals surface area contributed by atoms with Gasteiger partial charge in [0.25, 0.3) is 0 Å². The molecule has 0 unspecified atom stereocenters. The van der Waals surface area contributed by atoms with Gasteiger partial charge in [-0.05, 0) is 56.2 Å². The molecule has 6 nitrogen and oxygen atoms in total. The average Bonchev–Trinajstić information content (AvgIpc) is 3.07. The predicted molar refractivity (Wildman–Crippen MR) is 104 cm³/mol. The maximum absolute atomic E-state index is 12.5. The Morgan fingerprint density at radius 3 is 2.89 bits per heavy atom. The summed E-state index contributed by atoms with van der Waals surface area (Å²) in [4.78, 5) is 18.6. The summed E-state index contributed by atoms with van der Waals surface area (Å²) < 4.78 is 11.5. The number of aryl methyl sites for hydroxylation is 1. The molecular formula is C21H23N3O3. The second kappa shape index (κ2) is 7.80. The van der Waals surface area contributed by atoms with E-state index < -0.39 is 0 Å². The summed E-state index contributed by atoms with van der Waals surface area (Å²) in [6.45, 7) is 3.80. The van der Waals surface area contributed by atoms with E-state index in [4.69, 9.17) is 9.15 Å². The number of fused-ring (bicyclic) bond motifs is 1. The number of nitrogens with one attached hydrogen (secondary N) is 1. The number of piperidine rings is 1. The van der Waals surface area contributed by atoms with Gasteiger partial charge in [0.15, 0.2) is 0 Å². The summed E-state index contributed by atoms with van der Waals surface area (Å²) in [6.07, 6.45) is 3.61. The van der Waals surface area contributed by atoms with Crippen LogP contribution >= 0.6 is 0 Å². The number of hydrogen-bond donors (Lipinski definition) is 1. The minimum Gasteiger partial charge on any atom is -0.461 e. The van der Waals surface area contributed by atoms with Gasteiger partial charge in [-0.15, -0.1) is 0 Å². The molecule has 1 N–H and O–H groups in total. The van der Waals surface area contributed by atoms with Crippen LogP contribution in [-0.4, -0.2) is 35.1 Å². The molecule has 0 atom stereocenters. The number of hydrogen-bond acceptors (Lipinski definition) is 4. The van der Waals surface area contributed by atoms with Gasteiger partial charge < -0.3 is 19.4 Å². The lowest BCUT2D eigenvalue weighted by Crippen LogP contribution is -2.43. The van der Waals surface area contributed by atoms with E-state index in [2.05, 4.69) is 10.3 Å². The molecule has 6 heteroatoms. The largest absolute Gasteiger partial charge is 0.461 e. The SMILES string of the molecule is Cc1cc2cc(NC(=O)N3CCC(OCc4ccccn4)CC3)ccc2o1. The summed E-state index contributed by atoms with van der Waals surface area (Å²) in [7, 11) is 0. The third kappa shape index (κ3) is 4.28. The van der Waals surface area contributed by atoms with E-state index in [9.17, 15) is 4.79 Å². The third-order valence-corrected chi connectivity index (χ3v) is 4.81. The van der Waals surface area contributed by atoms with Crippen molar-refractivity contribution in [1.82, 2.24) is 9.88 Å². The van der Waals surface area contributed by atoms with Gasteiger partial charge in [-0.2, -0.15) is 0 Å². The van der Waals surface area contributed by atoms with Crippen LogP contribution < -0.4 is 5.32 Å². The number of rotatable bonds is 4. The van der Waals surface area contributed by atoms with E-state index in [1.807, 2.05) is 54.3 Å². The van der Waals surface area contributed by atoms with Gasteiger partial charge in [-0.25, -0.2) is 4.79 Å². The fourth-order valence-electron chi connectivity index (χ4n) is 3.37. The minimum atomic E-state index is -0.0715. The van der Waals surface area contributed by atoms with Gasteiger partial charge in [0.2, 0.25) is 0 Å². The Balaban J connectivity index is 1.27. The quantitative estimate of drug-likeness (QED) is 0.746. The number of carbonyl (C=O) groups is 1. The zero-order chi connectivity index (χ0) is 18.6. The molecule has 1 aromatic carbocycles. The molecule has 0 aliphatic carbocycles. The summed E-state index contributed by atoms with van der Waals surface area (Å²) in [5.41, 5.74) is 2.54. The number of urea groups is 1. The van der Waals surface area contributed by atoms with Crippen LogP contribution in [0.3, 0.4) is 0 Å². The molecule has 0 bridgehead atoms. The van der Waals surface area contributed by atoms with Gasteiger partial charge in [0.1, 0.15) is 11.3 Å². The standard InChI is InChI=1S/C21H23N3O3/c1-15-12-16-13-17(5-6-20(16)27-15)23-21(25)24-10-7-19(8-11-24)26-14-18-4-2-3-9-22-18/h2-6,9,12-13,19H,7-8,10-11,14H2,1H3,(H,23,25). The van der Waals surface area contributed by atoms with Crippen molar-refractivity contribution in [1.29, 1.82) is 0 Å². The van der Waals surface area contributed by atoms with Crippen molar-refractivity contribution in [3.8, 4) is 0 Å². The van der Waals surface area contributed by atoms with E-state index in [0.717, 1.165) is 41.0 Å². The van der Waals surface area contributed by atoms with E-state index in [1.165, 1.54) is 0 Å². The highest BCUT2D eigenvalue weighted by atomic mass is 16.5. The Hall–Kier alpha value is -2.86. The van der Waals surface area contributed by atoms with Gasteiger partial charge in [-0.1, -0.05) is 6.07 Å². The molecule has 2 aromatic heterocycles. The van der Waals surface area contributed by atoms with Crippen LogP contribution in [0, 0.1) is 6.92 Å². The lowest BCUT2D eigenvalue weighted by molar-refractivity contribution is 0.00399. The predicted octanol–water partition coefficient (Wildman–Crippen LogP) is 4.35. The summed E-state index contributed by atoms with van der Waals surface area (Å²) in [5.74, 6) is 0.862. The van der Waals surface area contributed by atoms with Crippen molar-refractivity contribution in [2.24, 2.45) is 0 Å². The van der Waals surface area contributed by atoms with Crippen LogP contribution in [0.1, 0.15) is 24.3 Å². The van der Waals surface area contributed by atoms with Crippen LogP contribution in [0.25, 0.3) is 11.0 Å². The van der Waals surface area contributed by atoms with Crippen molar-refractivity contribution in [2.45, 2.75) is 32.5 Å². The number of anilines is 1. The topological polar surface area (TPSA) is 67.6 Å². The van der Waals surface area contributed by atoms with Gasteiger partial charge >= 0.3 is 6.03 Å². The lowest BCUT2D eigenvalue weighted by Gasteiger charge is -2.31. The van der Waals surface area contributed by atoms with Gasteiger partial charge in [-0.3, -0.25) is 4.98 Å². The molecular weight excluding hydrogens is 342 g/mol. The van der Waals surface area contributed by atoms with Crippen LogP contribution in [0.4, 0.5) is 10.5 Å². The minimum absolute atomic E-state index is 0.0715. The molecule has 1 aliphatic heterocycles. The van der Waals surface area contributed by atoms with Gasteiger partial charge in [0.05, 0.1) is 18.4 Å². The fraction of sp³-hybridized carbons (Fsp3) is 0.333. The molecule has 0 spiro atoms. The highest BCUT2D eigenvalue weighted by molar-refractivity contribution is 5.92. The summed E-state index contributed by atoms with van der Waals surface area (Å²) in [5, 5.41) is 3.97. The number of aromatic nitrogens is 1. The van der Waals surface area contributed by atoms with Crippen molar-refractivity contribution in [3.05, 3.63) is 60.1 Å². The molecule has 140 valence electrons. The Morgan fingerprint density at radius 2 is 2.11 bits per heavy atom. The third-order valence-electron chi connectivity index (χ3n) is 4.81. The van der Waals surface area contributed by atoms with Crippen molar-refractivity contribution < 1.29 is 13.9 Å². The number of benzene rings is 1. The van der Waals surface area contributed by atoms with E-state index in [-0.39, 0.29) is 12.1 Å². The molecule has 4 rings (SSSR count). The zero-order valence-electron chi connectivity index (χ0n) is 15.4. The number of amides is 2. The number of nitrogens with zero attached hydrogens (tertiary/aromatic N) is 2. The second-order valence-electron chi connectivity index (χ2n) is 6.86. The summed E-state index contributed by atoms with van der Waals surface area (Å²) >= 11 is 0. The number of furan rings is 1. The molecule has 0 radical (unpaired) electrons. The van der Waals surface area contributed by atoms with E-state index >= 15 is 0 Å².